The zero-order chi connectivity index (χ0) is 13.7. The molecule has 1 fully saturated rings. The average molecular weight is 264 g/mol. The van der Waals surface area contributed by atoms with Crippen LogP contribution in [0.4, 0.5) is 5.69 Å². The van der Waals surface area contributed by atoms with Crippen LogP contribution >= 0.6 is 0 Å². The van der Waals surface area contributed by atoms with E-state index in [0.29, 0.717) is 18.3 Å². The van der Waals surface area contributed by atoms with Gasteiger partial charge in [-0.05, 0) is 37.0 Å². The molecule has 1 saturated carbocycles. The fourth-order valence-electron chi connectivity index (χ4n) is 2.49. The van der Waals surface area contributed by atoms with Crippen molar-refractivity contribution in [3.05, 3.63) is 29.8 Å². The number of nitrogens with two attached hydrogens (primary N) is 1. The summed E-state index contributed by atoms with van der Waals surface area (Å²) in [7, 11) is 0. The van der Waals surface area contributed by atoms with E-state index in [1.54, 1.807) is 0 Å². The lowest BCUT2D eigenvalue weighted by Crippen LogP contribution is -2.43. The zero-order valence-electron chi connectivity index (χ0n) is 11.3. The molecule has 0 aliphatic heterocycles. The lowest BCUT2D eigenvalue weighted by atomic mass is 9.90. The van der Waals surface area contributed by atoms with Gasteiger partial charge in [0, 0.05) is 31.4 Å². The van der Waals surface area contributed by atoms with Crippen LogP contribution in [0.25, 0.3) is 0 Å². The number of anilines is 1. The Morgan fingerprint density at radius 2 is 1.95 bits per heavy atom. The van der Waals surface area contributed by atoms with Gasteiger partial charge in [-0.25, -0.2) is 0 Å². The van der Waals surface area contributed by atoms with E-state index in [2.05, 4.69) is 4.90 Å². The van der Waals surface area contributed by atoms with Crippen LogP contribution in [0.2, 0.25) is 0 Å². The predicted molar refractivity (Wildman–Crippen MR) is 76.7 cm³/mol. The van der Waals surface area contributed by atoms with Crippen molar-refractivity contribution in [1.29, 1.82) is 0 Å². The number of nitrogens with zero attached hydrogens (tertiary/aromatic N) is 1. The summed E-state index contributed by atoms with van der Waals surface area (Å²) in [4.78, 5) is 2.31. The smallest absolute Gasteiger partial charge is 0.0917 e. The molecule has 106 valence electrons. The van der Waals surface area contributed by atoms with E-state index in [1.165, 1.54) is 19.3 Å². The number of hydrogen-bond acceptors (Lipinski definition) is 4. The van der Waals surface area contributed by atoms with Gasteiger partial charge in [-0.2, -0.15) is 0 Å². The molecule has 0 heterocycles. The Morgan fingerprint density at radius 3 is 2.47 bits per heavy atom. The van der Waals surface area contributed by atoms with Crippen LogP contribution < -0.4 is 5.73 Å². The average Bonchev–Trinajstić information content (AvgIpc) is 2.34. The predicted octanol–water partition coefficient (Wildman–Crippen LogP) is 1.54. The fraction of sp³-hybridized carbons (Fsp3) is 0.600. The Morgan fingerprint density at radius 1 is 1.26 bits per heavy atom. The van der Waals surface area contributed by atoms with Crippen molar-refractivity contribution in [2.75, 3.05) is 25.4 Å². The van der Waals surface area contributed by atoms with Gasteiger partial charge in [-0.1, -0.05) is 18.6 Å². The molecule has 19 heavy (non-hydrogen) atoms. The molecule has 1 aromatic carbocycles. The summed E-state index contributed by atoms with van der Waals surface area (Å²) in [5.41, 5.74) is 7.27. The molecule has 0 radical (unpaired) electrons. The molecule has 0 saturated heterocycles. The third-order valence-electron chi connectivity index (χ3n) is 3.92. The van der Waals surface area contributed by atoms with Gasteiger partial charge in [0.1, 0.15) is 0 Å². The van der Waals surface area contributed by atoms with Crippen LogP contribution in [-0.2, 0) is 0 Å². The number of hydrogen-bond donors (Lipinski definition) is 3. The maximum atomic E-state index is 10.3. The molecule has 0 aromatic heterocycles. The molecule has 4 nitrogen and oxygen atoms in total. The molecular weight excluding hydrogens is 240 g/mol. The SMILES string of the molecule is Nc1ccc(C(O)CN(CCCO)C2CCC2)cc1. The van der Waals surface area contributed by atoms with Gasteiger partial charge in [0.05, 0.1) is 6.10 Å². The standard InChI is InChI=1S/C15H24N2O2/c16-13-7-5-12(6-8-13)15(19)11-17(9-2-10-18)14-3-1-4-14/h5-8,14-15,18-19H,1-4,9-11,16H2. The largest absolute Gasteiger partial charge is 0.399 e. The maximum absolute atomic E-state index is 10.3. The summed E-state index contributed by atoms with van der Waals surface area (Å²) in [6, 6.07) is 7.98. The van der Waals surface area contributed by atoms with Crippen molar-refractivity contribution in [1.82, 2.24) is 4.90 Å². The van der Waals surface area contributed by atoms with E-state index in [1.807, 2.05) is 24.3 Å². The number of benzene rings is 1. The van der Waals surface area contributed by atoms with E-state index in [0.717, 1.165) is 18.5 Å². The first kappa shape index (κ1) is 14.3. The number of nitrogen functional groups attached to an aromatic ring is 1. The lowest BCUT2D eigenvalue weighted by molar-refractivity contribution is 0.0536. The second-order valence-corrected chi connectivity index (χ2v) is 5.34. The quantitative estimate of drug-likeness (QED) is 0.653. The summed E-state index contributed by atoms with van der Waals surface area (Å²) in [6.45, 7) is 1.70. The topological polar surface area (TPSA) is 69.7 Å². The third kappa shape index (κ3) is 3.93. The highest BCUT2D eigenvalue weighted by Gasteiger charge is 2.26. The minimum atomic E-state index is -0.486. The summed E-state index contributed by atoms with van der Waals surface area (Å²) in [5.74, 6) is 0. The van der Waals surface area contributed by atoms with Crippen molar-refractivity contribution < 1.29 is 10.2 Å². The fourth-order valence-corrected chi connectivity index (χ4v) is 2.49. The summed E-state index contributed by atoms with van der Waals surface area (Å²) >= 11 is 0. The molecule has 0 bridgehead atoms. The van der Waals surface area contributed by atoms with E-state index >= 15 is 0 Å². The minimum absolute atomic E-state index is 0.210. The molecule has 0 spiro atoms. The monoisotopic (exact) mass is 264 g/mol. The molecule has 1 atom stereocenters. The van der Waals surface area contributed by atoms with E-state index < -0.39 is 6.10 Å². The summed E-state index contributed by atoms with van der Waals surface area (Å²) < 4.78 is 0. The second kappa shape index (κ2) is 6.89. The second-order valence-electron chi connectivity index (χ2n) is 5.34. The molecule has 4 heteroatoms. The first-order valence-corrected chi connectivity index (χ1v) is 7.09. The van der Waals surface area contributed by atoms with Crippen molar-refractivity contribution in [3.8, 4) is 0 Å². The Kier molecular flexibility index (Phi) is 5.19. The summed E-state index contributed by atoms with van der Waals surface area (Å²) in [5, 5.41) is 19.3. The van der Waals surface area contributed by atoms with E-state index in [9.17, 15) is 5.11 Å². The number of aliphatic hydroxyl groups excluding tert-OH is 2. The van der Waals surface area contributed by atoms with Crippen molar-refractivity contribution in [3.63, 3.8) is 0 Å². The highest BCUT2D eigenvalue weighted by Crippen LogP contribution is 2.27. The van der Waals surface area contributed by atoms with Crippen LogP contribution in [-0.4, -0.2) is 40.9 Å². The Bertz CT molecular complexity index is 376. The van der Waals surface area contributed by atoms with Gasteiger partial charge in [-0.3, -0.25) is 4.90 Å². The highest BCUT2D eigenvalue weighted by molar-refractivity contribution is 5.39. The van der Waals surface area contributed by atoms with Gasteiger partial charge in [0.2, 0.25) is 0 Å². The van der Waals surface area contributed by atoms with E-state index in [-0.39, 0.29) is 6.61 Å². The minimum Gasteiger partial charge on any atom is -0.399 e. The molecule has 1 aliphatic rings. The highest BCUT2D eigenvalue weighted by atomic mass is 16.3. The molecule has 2 rings (SSSR count). The first-order chi connectivity index (χ1) is 9.20. The van der Waals surface area contributed by atoms with Gasteiger partial charge in [-0.15, -0.1) is 0 Å². The van der Waals surface area contributed by atoms with Gasteiger partial charge < -0.3 is 15.9 Å². The Labute approximate surface area is 114 Å². The molecule has 1 aliphatic carbocycles. The zero-order valence-corrected chi connectivity index (χ0v) is 11.3. The van der Waals surface area contributed by atoms with Gasteiger partial charge in [0.15, 0.2) is 0 Å². The van der Waals surface area contributed by atoms with Crippen LogP contribution in [0, 0.1) is 0 Å². The molecule has 0 amide bonds. The summed E-state index contributed by atoms with van der Waals surface area (Å²) in [6.07, 6.45) is 3.98. The number of rotatable bonds is 7. The van der Waals surface area contributed by atoms with Crippen LogP contribution in [0.15, 0.2) is 24.3 Å². The van der Waals surface area contributed by atoms with Crippen molar-refractivity contribution in [2.24, 2.45) is 0 Å². The van der Waals surface area contributed by atoms with Crippen LogP contribution in [0.3, 0.4) is 0 Å². The van der Waals surface area contributed by atoms with Crippen molar-refractivity contribution in [2.45, 2.75) is 37.8 Å². The van der Waals surface area contributed by atoms with Crippen LogP contribution in [0.1, 0.15) is 37.4 Å². The van der Waals surface area contributed by atoms with Crippen LogP contribution in [0.5, 0.6) is 0 Å². The number of aliphatic hydroxyl groups is 2. The Hall–Kier alpha value is -1.10. The maximum Gasteiger partial charge on any atom is 0.0917 e. The van der Waals surface area contributed by atoms with Crippen molar-refractivity contribution >= 4 is 5.69 Å². The molecular formula is C15H24N2O2. The Balaban J connectivity index is 1.93. The van der Waals surface area contributed by atoms with Gasteiger partial charge in [0.25, 0.3) is 0 Å². The third-order valence-corrected chi connectivity index (χ3v) is 3.92. The van der Waals surface area contributed by atoms with Gasteiger partial charge >= 0.3 is 0 Å². The molecule has 1 aromatic rings. The first-order valence-electron chi connectivity index (χ1n) is 7.09. The molecule has 1 unspecified atom stereocenters. The lowest BCUT2D eigenvalue weighted by Gasteiger charge is -2.38. The molecule has 4 N–H and O–H groups in total. The van der Waals surface area contributed by atoms with E-state index in [4.69, 9.17) is 10.8 Å². The normalized spacial score (nSPS) is 17.4.